The number of carbonyl (C=O) groups is 1. The molecule has 128 valence electrons. The molecule has 4 aromatic rings. The van der Waals surface area contributed by atoms with Crippen LogP contribution in [0.4, 0.5) is 15.7 Å². The van der Waals surface area contributed by atoms with E-state index >= 15 is 0 Å². The summed E-state index contributed by atoms with van der Waals surface area (Å²) < 4.78 is 0. The molecule has 4 aromatic heterocycles. The smallest absolute Gasteiger partial charge is 0.291 e. The van der Waals surface area contributed by atoms with Gasteiger partial charge >= 0.3 is 6.03 Å². The highest BCUT2D eigenvalue weighted by Gasteiger charge is 2.11. The van der Waals surface area contributed by atoms with E-state index in [4.69, 9.17) is 0 Å². The van der Waals surface area contributed by atoms with E-state index in [2.05, 4.69) is 30.6 Å². The van der Waals surface area contributed by atoms with Crippen molar-refractivity contribution in [2.45, 2.75) is 0 Å². The van der Waals surface area contributed by atoms with Crippen LogP contribution in [-0.4, -0.2) is 26.0 Å². The fourth-order valence-corrected chi connectivity index (χ4v) is 3.63. The molecule has 0 saturated carbocycles. The Morgan fingerprint density at radius 2 is 1.65 bits per heavy atom. The van der Waals surface area contributed by atoms with Crippen LogP contribution in [0, 0.1) is 0 Å². The van der Waals surface area contributed by atoms with Crippen LogP contribution in [0.1, 0.15) is 0 Å². The summed E-state index contributed by atoms with van der Waals surface area (Å²) in [5, 5.41) is 10.4. The molecule has 0 aliphatic rings. The average molecular weight is 380 g/mol. The molecule has 0 bridgehead atoms. The monoisotopic (exact) mass is 380 g/mol. The summed E-state index contributed by atoms with van der Waals surface area (Å²) in [6.45, 7) is 0. The molecule has 4 heterocycles. The molecule has 26 heavy (non-hydrogen) atoms. The highest BCUT2D eigenvalue weighted by Crippen LogP contribution is 2.26. The first-order valence-corrected chi connectivity index (χ1v) is 9.34. The summed E-state index contributed by atoms with van der Waals surface area (Å²) in [5.41, 5.74) is 2.58. The zero-order valence-electron chi connectivity index (χ0n) is 13.3. The van der Waals surface area contributed by atoms with Crippen molar-refractivity contribution in [3.63, 3.8) is 0 Å². The van der Waals surface area contributed by atoms with Gasteiger partial charge in [-0.2, -0.15) is 0 Å². The molecular formula is C17H12N6OS2. The minimum Gasteiger partial charge on any atom is -0.291 e. The lowest BCUT2D eigenvalue weighted by atomic mass is 10.2. The maximum absolute atomic E-state index is 12.2. The SMILES string of the molecule is O=C(Nc1csc(-c2cccnc2)n1)Nc1nc(-c2cccnc2)cs1. The zero-order valence-corrected chi connectivity index (χ0v) is 14.9. The second kappa shape index (κ2) is 7.38. The molecular weight excluding hydrogens is 368 g/mol. The van der Waals surface area contributed by atoms with Gasteiger partial charge in [-0.15, -0.1) is 22.7 Å². The van der Waals surface area contributed by atoms with Crippen molar-refractivity contribution in [3.8, 4) is 21.8 Å². The van der Waals surface area contributed by atoms with Crippen LogP contribution < -0.4 is 10.6 Å². The van der Waals surface area contributed by atoms with E-state index in [-0.39, 0.29) is 6.03 Å². The largest absolute Gasteiger partial charge is 0.326 e. The van der Waals surface area contributed by atoms with Crippen LogP contribution in [0.5, 0.6) is 0 Å². The minimum atomic E-state index is -0.389. The van der Waals surface area contributed by atoms with Gasteiger partial charge in [0.05, 0.1) is 5.69 Å². The second-order valence-electron chi connectivity index (χ2n) is 5.14. The van der Waals surface area contributed by atoms with E-state index in [9.17, 15) is 4.79 Å². The fraction of sp³-hybridized carbons (Fsp3) is 0. The van der Waals surface area contributed by atoms with Crippen molar-refractivity contribution >= 4 is 39.7 Å². The van der Waals surface area contributed by atoms with Gasteiger partial charge < -0.3 is 0 Å². The summed E-state index contributed by atoms with van der Waals surface area (Å²) in [5.74, 6) is 0.482. The molecule has 4 rings (SSSR count). The predicted molar refractivity (Wildman–Crippen MR) is 103 cm³/mol. The number of carbonyl (C=O) groups excluding carboxylic acids is 1. The van der Waals surface area contributed by atoms with Gasteiger partial charge in [-0.25, -0.2) is 14.8 Å². The molecule has 0 unspecified atom stereocenters. The Bertz CT molecular complexity index is 934. The lowest BCUT2D eigenvalue weighted by Gasteiger charge is -2.02. The van der Waals surface area contributed by atoms with E-state index in [1.165, 1.54) is 22.7 Å². The molecule has 0 aliphatic carbocycles. The number of hydrogen-bond acceptors (Lipinski definition) is 7. The van der Waals surface area contributed by atoms with Crippen molar-refractivity contribution in [1.29, 1.82) is 0 Å². The fourth-order valence-electron chi connectivity index (χ4n) is 2.18. The molecule has 2 amide bonds. The summed E-state index contributed by atoms with van der Waals surface area (Å²) in [4.78, 5) is 29.1. The van der Waals surface area contributed by atoms with Gasteiger partial charge in [-0.3, -0.25) is 20.6 Å². The number of aromatic nitrogens is 4. The number of anilines is 2. The molecule has 0 spiro atoms. The number of thiazole rings is 2. The molecule has 0 aliphatic heterocycles. The molecule has 0 radical (unpaired) electrons. The van der Waals surface area contributed by atoms with Gasteiger partial charge in [0.15, 0.2) is 5.13 Å². The maximum Gasteiger partial charge on any atom is 0.326 e. The van der Waals surface area contributed by atoms with Crippen LogP contribution in [0.25, 0.3) is 21.8 Å². The van der Waals surface area contributed by atoms with Crippen LogP contribution in [0.15, 0.2) is 59.8 Å². The quantitative estimate of drug-likeness (QED) is 0.548. The van der Waals surface area contributed by atoms with Gasteiger partial charge in [0.25, 0.3) is 0 Å². The van der Waals surface area contributed by atoms with Crippen molar-refractivity contribution in [2.24, 2.45) is 0 Å². The first-order valence-electron chi connectivity index (χ1n) is 7.58. The number of pyridine rings is 2. The van der Waals surface area contributed by atoms with E-state index in [0.29, 0.717) is 10.9 Å². The van der Waals surface area contributed by atoms with Crippen LogP contribution >= 0.6 is 22.7 Å². The number of nitrogens with zero attached hydrogens (tertiary/aromatic N) is 4. The first kappa shape index (κ1) is 16.3. The third-order valence-electron chi connectivity index (χ3n) is 3.34. The normalized spacial score (nSPS) is 10.5. The van der Waals surface area contributed by atoms with Crippen molar-refractivity contribution in [3.05, 3.63) is 59.8 Å². The molecule has 0 aromatic carbocycles. The van der Waals surface area contributed by atoms with Crippen LogP contribution in [-0.2, 0) is 0 Å². The first-order chi connectivity index (χ1) is 12.8. The van der Waals surface area contributed by atoms with Crippen molar-refractivity contribution in [1.82, 2.24) is 19.9 Å². The van der Waals surface area contributed by atoms with Gasteiger partial charge in [0.1, 0.15) is 10.8 Å². The molecule has 7 nitrogen and oxygen atoms in total. The maximum atomic E-state index is 12.2. The standard InChI is InChI=1S/C17H12N6OS2/c24-16(22-14-10-25-15(21-14)12-4-2-6-19-8-12)23-17-20-13(9-26-17)11-3-1-5-18-7-11/h1-10H,(H2,20,22,23,24). The Labute approximate surface area is 156 Å². The third-order valence-corrected chi connectivity index (χ3v) is 4.99. The molecule has 2 N–H and O–H groups in total. The third kappa shape index (κ3) is 3.73. The highest BCUT2D eigenvalue weighted by atomic mass is 32.1. The van der Waals surface area contributed by atoms with Crippen molar-refractivity contribution < 1.29 is 4.79 Å². The predicted octanol–water partition coefficient (Wildman–Crippen LogP) is 4.37. The van der Waals surface area contributed by atoms with Gasteiger partial charge in [0, 0.05) is 46.7 Å². The van der Waals surface area contributed by atoms with Gasteiger partial charge in [0.2, 0.25) is 0 Å². The summed E-state index contributed by atoms with van der Waals surface area (Å²) >= 11 is 2.79. The van der Waals surface area contributed by atoms with Crippen LogP contribution in [0.3, 0.4) is 0 Å². The Hall–Kier alpha value is -3.17. The topological polar surface area (TPSA) is 92.7 Å². The number of rotatable bonds is 4. The lowest BCUT2D eigenvalue weighted by molar-refractivity contribution is 0.262. The average Bonchev–Trinajstić information content (AvgIpc) is 3.33. The van der Waals surface area contributed by atoms with E-state index in [1.807, 2.05) is 29.6 Å². The molecule has 9 heteroatoms. The summed E-state index contributed by atoms with van der Waals surface area (Å²) in [6, 6.07) is 7.14. The van der Waals surface area contributed by atoms with Crippen molar-refractivity contribution in [2.75, 3.05) is 10.6 Å². The number of amides is 2. The number of nitrogens with one attached hydrogen (secondary N) is 2. The van der Waals surface area contributed by atoms with E-state index < -0.39 is 0 Å². The van der Waals surface area contributed by atoms with Gasteiger partial charge in [-0.1, -0.05) is 0 Å². The number of urea groups is 1. The van der Waals surface area contributed by atoms with E-state index in [0.717, 1.165) is 21.8 Å². The Kier molecular flexibility index (Phi) is 4.63. The number of hydrogen-bond donors (Lipinski definition) is 2. The lowest BCUT2D eigenvalue weighted by Crippen LogP contribution is -2.19. The Morgan fingerprint density at radius 1 is 0.885 bits per heavy atom. The Balaban J connectivity index is 1.40. The van der Waals surface area contributed by atoms with Crippen LogP contribution in [0.2, 0.25) is 0 Å². The minimum absolute atomic E-state index is 0.389. The summed E-state index contributed by atoms with van der Waals surface area (Å²) in [7, 11) is 0. The van der Waals surface area contributed by atoms with Gasteiger partial charge in [-0.05, 0) is 24.3 Å². The molecule has 0 atom stereocenters. The second-order valence-corrected chi connectivity index (χ2v) is 6.85. The molecule has 0 fully saturated rings. The zero-order chi connectivity index (χ0) is 17.8. The Morgan fingerprint density at radius 3 is 2.38 bits per heavy atom. The summed E-state index contributed by atoms with van der Waals surface area (Å²) in [6.07, 6.45) is 6.87. The molecule has 0 saturated heterocycles. The van der Waals surface area contributed by atoms with E-state index in [1.54, 1.807) is 30.2 Å². The highest BCUT2D eigenvalue weighted by molar-refractivity contribution is 7.14.